The predicted molar refractivity (Wildman–Crippen MR) is 81.6 cm³/mol. The fourth-order valence-electron chi connectivity index (χ4n) is 3.29. The number of quaternary nitrogens is 1. The Morgan fingerprint density at radius 2 is 1.95 bits per heavy atom. The zero-order chi connectivity index (χ0) is 13.5. The maximum atomic E-state index is 5.43. The van der Waals surface area contributed by atoms with Crippen LogP contribution in [0.25, 0.3) is 0 Å². The minimum atomic E-state index is 0.716. The van der Waals surface area contributed by atoms with Crippen LogP contribution < -0.4 is 10.2 Å². The highest BCUT2D eigenvalue weighted by Gasteiger charge is 2.28. The summed E-state index contributed by atoms with van der Waals surface area (Å²) in [6.45, 7) is 6.22. The van der Waals surface area contributed by atoms with Crippen molar-refractivity contribution in [2.45, 2.75) is 38.1 Å². The summed E-state index contributed by atoms with van der Waals surface area (Å²) in [5.41, 5.74) is 0. The second-order valence-corrected chi connectivity index (χ2v) is 6.09. The van der Waals surface area contributed by atoms with Crippen LogP contribution in [0.1, 0.15) is 32.1 Å². The topological polar surface area (TPSA) is 28.9 Å². The van der Waals surface area contributed by atoms with E-state index in [0.29, 0.717) is 6.61 Å². The molecule has 0 unspecified atom stereocenters. The Kier molecular flexibility index (Phi) is 6.34. The van der Waals surface area contributed by atoms with Gasteiger partial charge in [0, 0.05) is 13.7 Å². The van der Waals surface area contributed by atoms with Crippen molar-refractivity contribution < 1.29 is 9.64 Å². The van der Waals surface area contributed by atoms with Crippen LogP contribution in [0.4, 0.5) is 0 Å². The molecule has 0 aromatic rings. The molecular weight excluding hydrogens is 258 g/mol. The lowest BCUT2D eigenvalue weighted by atomic mass is 9.94. The Morgan fingerprint density at radius 1 is 1.26 bits per heavy atom. The summed E-state index contributed by atoms with van der Waals surface area (Å²) in [4.78, 5) is 4.13. The van der Waals surface area contributed by atoms with Crippen molar-refractivity contribution in [1.82, 2.24) is 10.2 Å². The molecule has 2 rings (SSSR count). The zero-order valence-corrected chi connectivity index (χ0v) is 12.9. The fourth-order valence-corrected chi connectivity index (χ4v) is 3.57. The summed E-state index contributed by atoms with van der Waals surface area (Å²) in [5, 5.41) is 4.17. The average molecular weight is 286 g/mol. The largest absolute Gasteiger partial charge is 0.383 e. The molecule has 0 aromatic heterocycles. The van der Waals surface area contributed by atoms with E-state index >= 15 is 0 Å². The standard InChI is InChI=1S/C14H27N3OS/c1-18-12-7-15-14(19)17-10-8-16(9-11-17)13-5-3-2-4-6-13/h13H,2-12H2,1H3,(H,15,19)/p+1. The van der Waals surface area contributed by atoms with Gasteiger partial charge in [-0.3, -0.25) is 0 Å². The molecule has 2 fully saturated rings. The molecule has 0 amide bonds. The summed E-state index contributed by atoms with van der Waals surface area (Å²) < 4.78 is 5.03. The number of hydrogen-bond donors (Lipinski definition) is 2. The molecule has 1 saturated heterocycles. The second kappa shape index (κ2) is 8.02. The van der Waals surface area contributed by atoms with Gasteiger partial charge in [-0.2, -0.15) is 0 Å². The van der Waals surface area contributed by atoms with Crippen LogP contribution in [0.5, 0.6) is 0 Å². The Labute approximate surface area is 122 Å². The first-order chi connectivity index (χ1) is 9.31. The first-order valence-electron chi connectivity index (χ1n) is 7.67. The molecule has 2 N–H and O–H groups in total. The van der Waals surface area contributed by atoms with Crippen molar-refractivity contribution in [1.29, 1.82) is 0 Å². The summed E-state index contributed by atoms with van der Waals surface area (Å²) in [6, 6.07) is 0.922. The quantitative estimate of drug-likeness (QED) is 0.564. The van der Waals surface area contributed by atoms with Crippen LogP contribution in [0.2, 0.25) is 0 Å². The van der Waals surface area contributed by atoms with E-state index in [-0.39, 0.29) is 0 Å². The first-order valence-corrected chi connectivity index (χ1v) is 8.08. The number of nitrogens with one attached hydrogen (secondary N) is 2. The van der Waals surface area contributed by atoms with E-state index in [2.05, 4.69) is 10.2 Å². The van der Waals surface area contributed by atoms with Crippen LogP contribution in [0, 0.1) is 0 Å². The molecule has 1 aliphatic heterocycles. The Bertz CT molecular complexity index is 274. The molecule has 2 aliphatic rings. The first kappa shape index (κ1) is 15.0. The summed E-state index contributed by atoms with van der Waals surface area (Å²) in [6.07, 6.45) is 7.20. The minimum Gasteiger partial charge on any atom is -0.383 e. The number of ether oxygens (including phenoxy) is 1. The Balaban J connectivity index is 1.68. The maximum Gasteiger partial charge on any atom is 0.169 e. The van der Waals surface area contributed by atoms with Gasteiger partial charge in [0.15, 0.2) is 5.11 Å². The lowest BCUT2D eigenvalue weighted by Gasteiger charge is -2.38. The summed E-state index contributed by atoms with van der Waals surface area (Å²) in [7, 11) is 1.72. The fraction of sp³-hybridized carbons (Fsp3) is 0.929. The van der Waals surface area contributed by atoms with Crippen molar-refractivity contribution in [2.75, 3.05) is 46.4 Å². The van der Waals surface area contributed by atoms with Gasteiger partial charge in [-0.05, 0) is 37.9 Å². The lowest BCUT2D eigenvalue weighted by Crippen LogP contribution is -3.18. The Hall–Kier alpha value is -0.390. The normalized spacial score (nSPS) is 22.5. The van der Waals surface area contributed by atoms with Crippen molar-refractivity contribution in [3.8, 4) is 0 Å². The van der Waals surface area contributed by atoms with E-state index in [1.54, 1.807) is 7.11 Å². The third-order valence-electron chi connectivity index (χ3n) is 4.46. The number of nitrogens with zero attached hydrogens (tertiary/aromatic N) is 1. The third kappa shape index (κ3) is 4.58. The van der Waals surface area contributed by atoms with Crippen molar-refractivity contribution >= 4 is 17.3 Å². The number of piperazine rings is 1. The molecular formula is C14H28N3OS+. The van der Waals surface area contributed by atoms with Gasteiger partial charge in [0.2, 0.25) is 0 Å². The number of hydrogen-bond acceptors (Lipinski definition) is 2. The molecule has 1 aliphatic carbocycles. The molecule has 19 heavy (non-hydrogen) atoms. The molecule has 0 bridgehead atoms. The van der Waals surface area contributed by atoms with E-state index < -0.39 is 0 Å². The highest BCUT2D eigenvalue weighted by atomic mass is 32.1. The number of rotatable bonds is 4. The molecule has 0 radical (unpaired) electrons. The van der Waals surface area contributed by atoms with Crippen LogP contribution >= 0.6 is 12.2 Å². The van der Waals surface area contributed by atoms with Gasteiger partial charge < -0.3 is 19.9 Å². The van der Waals surface area contributed by atoms with Crippen molar-refractivity contribution in [3.63, 3.8) is 0 Å². The van der Waals surface area contributed by atoms with E-state index in [0.717, 1.165) is 30.8 Å². The monoisotopic (exact) mass is 286 g/mol. The van der Waals surface area contributed by atoms with Gasteiger partial charge >= 0.3 is 0 Å². The van der Waals surface area contributed by atoms with Crippen LogP contribution in [0.15, 0.2) is 0 Å². The molecule has 1 saturated carbocycles. The van der Waals surface area contributed by atoms with Crippen molar-refractivity contribution in [2.24, 2.45) is 0 Å². The van der Waals surface area contributed by atoms with Gasteiger partial charge in [-0.1, -0.05) is 6.42 Å². The molecule has 0 spiro atoms. The predicted octanol–water partition coefficient (Wildman–Crippen LogP) is 0.0405. The second-order valence-electron chi connectivity index (χ2n) is 5.70. The van der Waals surface area contributed by atoms with E-state index in [4.69, 9.17) is 17.0 Å². The van der Waals surface area contributed by atoms with E-state index in [1.807, 2.05) is 4.90 Å². The van der Waals surface area contributed by atoms with Crippen LogP contribution in [-0.4, -0.2) is 62.5 Å². The van der Waals surface area contributed by atoms with Gasteiger partial charge in [-0.25, -0.2) is 0 Å². The number of methoxy groups -OCH3 is 1. The molecule has 110 valence electrons. The molecule has 1 heterocycles. The van der Waals surface area contributed by atoms with Gasteiger partial charge in [0.05, 0.1) is 38.8 Å². The molecule has 5 heteroatoms. The third-order valence-corrected chi connectivity index (χ3v) is 4.86. The smallest absolute Gasteiger partial charge is 0.169 e. The van der Waals surface area contributed by atoms with Gasteiger partial charge in [0.1, 0.15) is 0 Å². The zero-order valence-electron chi connectivity index (χ0n) is 12.1. The van der Waals surface area contributed by atoms with E-state index in [9.17, 15) is 0 Å². The highest BCUT2D eigenvalue weighted by Crippen LogP contribution is 2.15. The molecule has 0 aromatic carbocycles. The van der Waals surface area contributed by atoms with Crippen molar-refractivity contribution in [3.05, 3.63) is 0 Å². The highest BCUT2D eigenvalue weighted by molar-refractivity contribution is 7.80. The molecule has 0 atom stereocenters. The summed E-state index contributed by atoms with van der Waals surface area (Å²) >= 11 is 5.43. The van der Waals surface area contributed by atoms with Gasteiger partial charge in [0.25, 0.3) is 0 Å². The van der Waals surface area contributed by atoms with Crippen LogP contribution in [-0.2, 0) is 4.74 Å². The Morgan fingerprint density at radius 3 is 2.58 bits per heavy atom. The average Bonchev–Trinajstić information content (AvgIpc) is 2.48. The summed E-state index contributed by atoms with van der Waals surface area (Å²) in [5.74, 6) is 0. The minimum absolute atomic E-state index is 0.716. The van der Waals surface area contributed by atoms with Gasteiger partial charge in [-0.15, -0.1) is 0 Å². The number of thiocarbonyl (C=S) groups is 1. The lowest BCUT2D eigenvalue weighted by molar-refractivity contribution is -0.930. The SMILES string of the molecule is COCCNC(=S)N1CC[NH+](C2CCCCC2)CC1. The van der Waals surface area contributed by atoms with E-state index in [1.165, 1.54) is 45.2 Å². The maximum absolute atomic E-state index is 5.43. The molecule has 4 nitrogen and oxygen atoms in total. The van der Waals surface area contributed by atoms with Crippen LogP contribution in [0.3, 0.4) is 0 Å².